The van der Waals surface area contributed by atoms with Gasteiger partial charge in [0, 0.05) is 6.54 Å². The summed E-state index contributed by atoms with van der Waals surface area (Å²) in [5.74, 6) is 2.44. The Morgan fingerprint density at radius 3 is 2.95 bits per heavy atom. The van der Waals surface area contributed by atoms with Crippen molar-refractivity contribution in [2.75, 3.05) is 24.2 Å². The summed E-state index contributed by atoms with van der Waals surface area (Å²) >= 11 is 0. The van der Waals surface area contributed by atoms with Crippen molar-refractivity contribution in [3.05, 3.63) is 18.2 Å². The maximum atomic E-state index is 6.18. The van der Waals surface area contributed by atoms with Gasteiger partial charge in [0.25, 0.3) is 0 Å². The van der Waals surface area contributed by atoms with Crippen LogP contribution in [0.25, 0.3) is 0 Å². The molecule has 1 fully saturated rings. The Balaban J connectivity index is 1.91. The van der Waals surface area contributed by atoms with Gasteiger partial charge >= 0.3 is 0 Å². The number of nitrogens with two attached hydrogens (primary N) is 1. The van der Waals surface area contributed by atoms with Crippen molar-refractivity contribution in [1.82, 2.24) is 0 Å². The van der Waals surface area contributed by atoms with Crippen LogP contribution in [-0.4, -0.2) is 13.2 Å². The lowest BCUT2D eigenvalue weighted by Crippen LogP contribution is -2.21. The highest BCUT2D eigenvalue weighted by atomic mass is 16.5. The fourth-order valence-electron chi connectivity index (χ4n) is 3.04. The SMILES string of the molecule is CCCOc1cccc(NCC2CCCC(C)C2)c1N. The second-order valence-corrected chi connectivity index (χ2v) is 6.08. The van der Waals surface area contributed by atoms with Crippen LogP contribution in [-0.2, 0) is 0 Å². The predicted molar refractivity (Wildman–Crippen MR) is 86.3 cm³/mol. The molecular formula is C17H28N2O. The van der Waals surface area contributed by atoms with Crippen LogP contribution >= 0.6 is 0 Å². The summed E-state index contributed by atoms with van der Waals surface area (Å²) in [5, 5.41) is 3.52. The van der Waals surface area contributed by atoms with Crippen LogP contribution in [0.2, 0.25) is 0 Å². The molecule has 112 valence electrons. The number of hydrogen-bond donors (Lipinski definition) is 2. The molecule has 1 saturated carbocycles. The van der Waals surface area contributed by atoms with E-state index in [0.29, 0.717) is 6.61 Å². The highest BCUT2D eigenvalue weighted by Gasteiger charge is 2.18. The van der Waals surface area contributed by atoms with Crippen LogP contribution in [0.15, 0.2) is 18.2 Å². The molecule has 0 aromatic heterocycles. The molecule has 1 aliphatic rings. The zero-order chi connectivity index (χ0) is 14.4. The van der Waals surface area contributed by atoms with Crippen molar-refractivity contribution in [3.8, 4) is 5.75 Å². The van der Waals surface area contributed by atoms with Crippen LogP contribution in [0.5, 0.6) is 5.75 Å². The highest BCUT2D eigenvalue weighted by molar-refractivity contribution is 5.72. The molecule has 3 N–H and O–H groups in total. The molecule has 2 rings (SSSR count). The maximum absolute atomic E-state index is 6.18. The lowest BCUT2D eigenvalue weighted by atomic mass is 9.82. The largest absolute Gasteiger partial charge is 0.491 e. The Morgan fingerprint density at radius 2 is 2.20 bits per heavy atom. The summed E-state index contributed by atoms with van der Waals surface area (Å²) < 4.78 is 5.67. The number of nitrogen functional groups attached to an aromatic ring is 1. The van der Waals surface area contributed by atoms with E-state index in [0.717, 1.165) is 41.9 Å². The first kappa shape index (κ1) is 15.0. The molecule has 3 heteroatoms. The molecule has 0 heterocycles. The van der Waals surface area contributed by atoms with Gasteiger partial charge < -0.3 is 15.8 Å². The summed E-state index contributed by atoms with van der Waals surface area (Å²) in [6.45, 7) is 6.20. The number of anilines is 2. The highest BCUT2D eigenvalue weighted by Crippen LogP contribution is 2.32. The third-order valence-corrected chi connectivity index (χ3v) is 4.15. The van der Waals surface area contributed by atoms with Gasteiger partial charge in [-0.2, -0.15) is 0 Å². The third kappa shape index (κ3) is 4.06. The van der Waals surface area contributed by atoms with Gasteiger partial charge in [0.2, 0.25) is 0 Å². The van der Waals surface area contributed by atoms with Gasteiger partial charge in [-0.1, -0.05) is 32.8 Å². The van der Waals surface area contributed by atoms with E-state index in [-0.39, 0.29) is 0 Å². The van der Waals surface area contributed by atoms with E-state index in [4.69, 9.17) is 10.5 Å². The lowest BCUT2D eigenvalue weighted by molar-refractivity contribution is 0.293. The van der Waals surface area contributed by atoms with Crippen LogP contribution in [0.4, 0.5) is 11.4 Å². The van der Waals surface area contributed by atoms with Crippen molar-refractivity contribution >= 4 is 11.4 Å². The van der Waals surface area contributed by atoms with Gasteiger partial charge in [0.05, 0.1) is 18.0 Å². The second-order valence-electron chi connectivity index (χ2n) is 6.08. The van der Waals surface area contributed by atoms with E-state index in [1.165, 1.54) is 25.7 Å². The van der Waals surface area contributed by atoms with Crippen LogP contribution in [0.1, 0.15) is 46.0 Å². The fraction of sp³-hybridized carbons (Fsp3) is 0.647. The minimum atomic E-state index is 0.716. The Bertz CT molecular complexity index is 419. The molecule has 0 radical (unpaired) electrons. The molecule has 0 aliphatic heterocycles. The molecule has 2 atom stereocenters. The smallest absolute Gasteiger partial charge is 0.144 e. The molecule has 3 nitrogen and oxygen atoms in total. The first-order valence-electron chi connectivity index (χ1n) is 7.95. The van der Waals surface area contributed by atoms with Crippen molar-refractivity contribution in [2.24, 2.45) is 11.8 Å². The molecular weight excluding hydrogens is 248 g/mol. The quantitative estimate of drug-likeness (QED) is 0.762. The van der Waals surface area contributed by atoms with Gasteiger partial charge in [0.1, 0.15) is 5.75 Å². The average molecular weight is 276 g/mol. The molecule has 0 amide bonds. The fourth-order valence-corrected chi connectivity index (χ4v) is 3.04. The van der Waals surface area contributed by atoms with Gasteiger partial charge in [0.15, 0.2) is 0 Å². The van der Waals surface area contributed by atoms with E-state index in [2.05, 4.69) is 19.2 Å². The Labute approximate surface area is 122 Å². The summed E-state index contributed by atoms with van der Waals surface area (Å²) in [4.78, 5) is 0. The first-order valence-corrected chi connectivity index (χ1v) is 7.95. The van der Waals surface area contributed by atoms with Crippen LogP contribution < -0.4 is 15.8 Å². The van der Waals surface area contributed by atoms with Gasteiger partial charge in [-0.15, -0.1) is 0 Å². The van der Waals surface area contributed by atoms with Gasteiger partial charge in [-0.25, -0.2) is 0 Å². The minimum Gasteiger partial charge on any atom is -0.491 e. The van der Waals surface area contributed by atoms with Crippen LogP contribution in [0.3, 0.4) is 0 Å². The van der Waals surface area contributed by atoms with Crippen LogP contribution in [0, 0.1) is 11.8 Å². The van der Waals surface area contributed by atoms with Crippen molar-refractivity contribution in [3.63, 3.8) is 0 Å². The molecule has 20 heavy (non-hydrogen) atoms. The zero-order valence-corrected chi connectivity index (χ0v) is 12.8. The molecule has 2 unspecified atom stereocenters. The number of rotatable bonds is 6. The van der Waals surface area contributed by atoms with E-state index >= 15 is 0 Å². The van der Waals surface area contributed by atoms with E-state index in [1.54, 1.807) is 0 Å². The first-order chi connectivity index (χ1) is 9.70. The summed E-state index contributed by atoms with van der Waals surface area (Å²) in [5.41, 5.74) is 7.93. The molecule has 0 saturated heterocycles. The molecule has 1 aromatic carbocycles. The molecule has 1 aromatic rings. The Kier molecular flexibility index (Phi) is 5.57. The molecule has 1 aliphatic carbocycles. The Morgan fingerprint density at radius 1 is 1.35 bits per heavy atom. The van der Waals surface area contributed by atoms with E-state index < -0.39 is 0 Å². The van der Waals surface area contributed by atoms with Gasteiger partial charge in [-0.3, -0.25) is 0 Å². The summed E-state index contributed by atoms with van der Waals surface area (Å²) in [7, 11) is 0. The molecule has 0 bridgehead atoms. The lowest BCUT2D eigenvalue weighted by Gasteiger charge is -2.27. The monoisotopic (exact) mass is 276 g/mol. The normalized spacial score (nSPS) is 22.5. The molecule has 0 spiro atoms. The average Bonchev–Trinajstić information content (AvgIpc) is 2.45. The third-order valence-electron chi connectivity index (χ3n) is 4.15. The van der Waals surface area contributed by atoms with Gasteiger partial charge in [-0.05, 0) is 43.2 Å². The number of para-hydroxylation sites is 1. The minimum absolute atomic E-state index is 0.716. The number of benzene rings is 1. The number of ether oxygens (including phenoxy) is 1. The van der Waals surface area contributed by atoms with E-state index in [9.17, 15) is 0 Å². The number of nitrogens with one attached hydrogen (secondary N) is 1. The van der Waals surface area contributed by atoms with Crippen molar-refractivity contribution in [1.29, 1.82) is 0 Å². The second kappa shape index (κ2) is 7.41. The maximum Gasteiger partial charge on any atom is 0.144 e. The predicted octanol–water partition coefficient (Wildman–Crippen LogP) is 4.30. The summed E-state index contributed by atoms with van der Waals surface area (Å²) in [6.07, 6.45) is 6.42. The Hall–Kier alpha value is -1.38. The zero-order valence-electron chi connectivity index (χ0n) is 12.8. The topological polar surface area (TPSA) is 47.3 Å². The summed E-state index contributed by atoms with van der Waals surface area (Å²) in [6, 6.07) is 5.99. The standard InChI is InChI=1S/C17H28N2O/c1-3-10-20-16-9-5-8-15(17(16)18)19-12-14-7-4-6-13(2)11-14/h5,8-9,13-14,19H,3-4,6-7,10-12,18H2,1-2H3. The van der Waals surface area contributed by atoms with E-state index in [1.807, 2.05) is 18.2 Å². The number of hydrogen-bond acceptors (Lipinski definition) is 3. The van der Waals surface area contributed by atoms with Crippen molar-refractivity contribution in [2.45, 2.75) is 46.0 Å². The van der Waals surface area contributed by atoms with Crippen molar-refractivity contribution < 1.29 is 4.74 Å².